The van der Waals surface area contributed by atoms with Crippen molar-refractivity contribution in [3.8, 4) is 11.1 Å². The summed E-state index contributed by atoms with van der Waals surface area (Å²) >= 11 is 0. The van der Waals surface area contributed by atoms with E-state index in [-0.39, 0.29) is 17.9 Å². The van der Waals surface area contributed by atoms with Gasteiger partial charge in [-0.25, -0.2) is 14.2 Å². The minimum atomic E-state index is -0.278. The average molecular weight is 401 g/mol. The second kappa shape index (κ2) is 7.63. The lowest BCUT2D eigenvalue weighted by Gasteiger charge is -2.22. The van der Waals surface area contributed by atoms with Gasteiger partial charge in [0.2, 0.25) is 5.89 Å². The number of amides is 2. The minimum Gasteiger partial charge on any atom is -0.438 e. The highest BCUT2D eigenvalue weighted by Crippen LogP contribution is 2.35. The molecule has 4 aromatic rings. The van der Waals surface area contributed by atoms with E-state index >= 15 is 0 Å². The molecule has 1 atom stereocenters. The maximum absolute atomic E-state index is 14.2. The van der Waals surface area contributed by atoms with Gasteiger partial charge in [-0.05, 0) is 48.7 Å². The Morgan fingerprint density at radius 3 is 2.70 bits per heavy atom. The third-order valence-electron chi connectivity index (χ3n) is 5.41. The molecule has 1 fully saturated rings. The second-order valence-corrected chi connectivity index (χ2v) is 7.36. The fourth-order valence-electron chi connectivity index (χ4n) is 3.93. The third-order valence-corrected chi connectivity index (χ3v) is 5.41. The molecular weight excluding hydrogens is 381 g/mol. The number of urea groups is 1. The molecule has 0 aliphatic carbocycles. The number of para-hydroxylation sites is 1. The molecule has 150 valence electrons. The standard InChI is InChI=1S/C24H20FN3O2/c25-19-10-5-4-9-18(19)16-12-13-22-20(15-16)27-23(30-22)21-11-6-14-28(21)24(29)26-17-7-2-1-3-8-17/h1-5,7-10,12-13,15,21H,6,11,14H2,(H,26,29)/t21-/m0/s1. The summed E-state index contributed by atoms with van der Waals surface area (Å²) in [5.74, 6) is 0.233. The highest BCUT2D eigenvalue weighted by molar-refractivity contribution is 5.89. The fourth-order valence-corrected chi connectivity index (χ4v) is 3.93. The summed E-state index contributed by atoms with van der Waals surface area (Å²) in [6, 6.07) is 21.1. The van der Waals surface area contributed by atoms with Gasteiger partial charge in [-0.2, -0.15) is 0 Å². The van der Waals surface area contributed by atoms with Crippen LogP contribution in [0.15, 0.2) is 77.2 Å². The van der Waals surface area contributed by atoms with E-state index in [0.29, 0.717) is 29.1 Å². The highest BCUT2D eigenvalue weighted by atomic mass is 19.1. The van der Waals surface area contributed by atoms with Crippen molar-refractivity contribution in [2.45, 2.75) is 18.9 Å². The largest absolute Gasteiger partial charge is 0.438 e. The first-order valence-corrected chi connectivity index (χ1v) is 9.97. The number of rotatable bonds is 3. The minimum absolute atomic E-state index is 0.169. The van der Waals surface area contributed by atoms with Crippen molar-refractivity contribution < 1.29 is 13.6 Å². The number of carbonyl (C=O) groups is 1. The van der Waals surface area contributed by atoms with Gasteiger partial charge in [0, 0.05) is 17.8 Å². The number of nitrogens with one attached hydrogen (secondary N) is 1. The monoisotopic (exact) mass is 401 g/mol. The third kappa shape index (κ3) is 3.41. The first kappa shape index (κ1) is 18.4. The molecule has 30 heavy (non-hydrogen) atoms. The zero-order chi connectivity index (χ0) is 20.5. The SMILES string of the molecule is O=C(Nc1ccccc1)N1CCC[C@H]1c1nc2cc(-c3ccccc3F)ccc2o1. The van der Waals surface area contributed by atoms with Crippen molar-refractivity contribution in [3.05, 3.63) is 84.5 Å². The Hall–Kier alpha value is -3.67. The molecule has 0 saturated carbocycles. The summed E-state index contributed by atoms with van der Waals surface area (Å²) in [6.07, 6.45) is 1.67. The van der Waals surface area contributed by atoms with Crippen LogP contribution in [0.2, 0.25) is 0 Å². The number of likely N-dealkylation sites (tertiary alicyclic amines) is 1. The van der Waals surface area contributed by atoms with Crippen molar-refractivity contribution in [1.82, 2.24) is 9.88 Å². The molecule has 3 aromatic carbocycles. The summed E-state index contributed by atoms with van der Waals surface area (Å²) in [5, 5.41) is 2.93. The zero-order valence-electron chi connectivity index (χ0n) is 16.2. The van der Waals surface area contributed by atoms with Gasteiger partial charge in [-0.15, -0.1) is 0 Å². The lowest BCUT2D eigenvalue weighted by atomic mass is 10.0. The van der Waals surface area contributed by atoms with Crippen LogP contribution in [0, 0.1) is 5.82 Å². The number of aromatic nitrogens is 1. The van der Waals surface area contributed by atoms with E-state index in [1.54, 1.807) is 29.2 Å². The molecule has 0 bridgehead atoms. The lowest BCUT2D eigenvalue weighted by molar-refractivity contribution is 0.199. The molecule has 1 aliphatic rings. The van der Waals surface area contributed by atoms with Gasteiger partial charge in [0.05, 0.1) is 0 Å². The van der Waals surface area contributed by atoms with E-state index in [0.717, 1.165) is 24.1 Å². The molecular formula is C24H20FN3O2. The molecule has 0 radical (unpaired) electrons. The number of benzene rings is 3. The number of nitrogens with zero attached hydrogens (tertiary/aromatic N) is 2. The van der Waals surface area contributed by atoms with E-state index in [2.05, 4.69) is 10.3 Å². The topological polar surface area (TPSA) is 58.4 Å². The van der Waals surface area contributed by atoms with Crippen molar-refractivity contribution in [3.63, 3.8) is 0 Å². The number of hydrogen-bond acceptors (Lipinski definition) is 3. The predicted molar refractivity (Wildman–Crippen MR) is 114 cm³/mol. The van der Waals surface area contributed by atoms with Crippen molar-refractivity contribution >= 4 is 22.8 Å². The fraction of sp³-hybridized carbons (Fsp3) is 0.167. The Balaban J connectivity index is 1.42. The van der Waals surface area contributed by atoms with Crippen LogP contribution in [-0.4, -0.2) is 22.5 Å². The van der Waals surface area contributed by atoms with Crippen LogP contribution in [0.4, 0.5) is 14.9 Å². The Morgan fingerprint density at radius 1 is 1.07 bits per heavy atom. The molecule has 6 heteroatoms. The molecule has 1 aromatic heterocycles. The summed E-state index contributed by atoms with van der Waals surface area (Å²) < 4.78 is 20.1. The Kier molecular flexibility index (Phi) is 4.67. The first-order chi connectivity index (χ1) is 14.7. The van der Waals surface area contributed by atoms with Crippen LogP contribution in [0.3, 0.4) is 0 Å². The zero-order valence-corrected chi connectivity index (χ0v) is 16.2. The van der Waals surface area contributed by atoms with E-state index in [4.69, 9.17) is 4.42 Å². The quantitative estimate of drug-likeness (QED) is 0.458. The smallest absolute Gasteiger partial charge is 0.322 e. The molecule has 0 spiro atoms. The Labute approximate surface area is 173 Å². The average Bonchev–Trinajstić information content (AvgIpc) is 3.41. The van der Waals surface area contributed by atoms with E-state index < -0.39 is 0 Å². The maximum Gasteiger partial charge on any atom is 0.322 e. The normalized spacial score (nSPS) is 16.2. The van der Waals surface area contributed by atoms with Crippen LogP contribution in [0.25, 0.3) is 22.2 Å². The molecule has 1 N–H and O–H groups in total. The highest BCUT2D eigenvalue weighted by Gasteiger charge is 2.33. The van der Waals surface area contributed by atoms with E-state index in [1.807, 2.05) is 42.5 Å². The van der Waals surface area contributed by atoms with Crippen LogP contribution < -0.4 is 5.32 Å². The van der Waals surface area contributed by atoms with Crippen LogP contribution >= 0.6 is 0 Å². The van der Waals surface area contributed by atoms with Gasteiger partial charge in [0.1, 0.15) is 17.4 Å². The van der Waals surface area contributed by atoms with E-state index in [9.17, 15) is 9.18 Å². The second-order valence-electron chi connectivity index (χ2n) is 7.36. The van der Waals surface area contributed by atoms with Crippen molar-refractivity contribution in [1.29, 1.82) is 0 Å². The molecule has 0 unspecified atom stereocenters. The predicted octanol–water partition coefficient (Wildman–Crippen LogP) is 6.00. The molecule has 5 nitrogen and oxygen atoms in total. The molecule has 1 saturated heterocycles. The van der Waals surface area contributed by atoms with Gasteiger partial charge in [-0.1, -0.05) is 42.5 Å². The summed E-state index contributed by atoms with van der Waals surface area (Å²) in [7, 11) is 0. The number of oxazole rings is 1. The molecule has 2 amide bonds. The summed E-state index contributed by atoms with van der Waals surface area (Å²) in [4.78, 5) is 19.2. The maximum atomic E-state index is 14.2. The summed E-state index contributed by atoms with van der Waals surface area (Å²) in [6.45, 7) is 0.641. The van der Waals surface area contributed by atoms with Gasteiger partial charge < -0.3 is 14.6 Å². The molecule has 1 aliphatic heterocycles. The molecule has 2 heterocycles. The summed E-state index contributed by atoms with van der Waals surface area (Å²) in [5.41, 5.74) is 3.29. The van der Waals surface area contributed by atoms with E-state index in [1.165, 1.54) is 6.07 Å². The van der Waals surface area contributed by atoms with Gasteiger partial charge in [-0.3, -0.25) is 0 Å². The van der Waals surface area contributed by atoms with Gasteiger partial charge in [0.15, 0.2) is 5.58 Å². The number of fused-ring (bicyclic) bond motifs is 1. The van der Waals surface area contributed by atoms with Crippen LogP contribution in [0.1, 0.15) is 24.8 Å². The lowest BCUT2D eigenvalue weighted by Crippen LogP contribution is -2.34. The van der Waals surface area contributed by atoms with Gasteiger partial charge in [0.25, 0.3) is 0 Å². The van der Waals surface area contributed by atoms with Crippen LogP contribution in [-0.2, 0) is 0 Å². The molecule has 5 rings (SSSR count). The van der Waals surface area contributed by atoms with Crippen molar-refractivity contribution in [2.24, 2.45) is 0 Å². The first-order valence-electron chi connectivity index (χ1n) is 9.97. The number of halogens is 1. The van der Waals surface area contributed by atoms with Crippen LogP contribution in [0.5, 0.6) is 0 Å². The number of hydrogen-bond donors (Lipinski definition) is 1. The number of carbonyl (C=O) groups excluding carboxylic acids is 1. The van der Waals surface area contributed by atoms with Crippen molar-refractivity contribution in [2.75, 3.05) is 11.9 Å². The number of anilines is 1. The Bertz CT molecular complexity index is 1210. The Morgan fingerprint density at radius 2 is 1.87 bits per heavy atom. The van der Waals surface area contributed by atoms with Gasteiger partial charge >= 0.3 is 6.03 Å².